The largest absolute Gasteiger partial charge is 0.420 e. The van der Waals surface area contributed by atoms with Gasteiger partial charge in [0, 0.05) is 23.3 Å². The van der Waals surface area contributed by atoms with Crippen molar-refractivity contribution in [2.45, 2.75) is 10.9 Å². The normalized spacial score (nSPS) is 10.9. The van der Waals surface area contributed by atoms with Gasteiger partial charge in [-0.15, -0.1) is 20.4 Å². The van der Waals surface area contributed by atoms with E-state index in [0.29, 0.717) is 38.8 Å². The van der Waals surface area contributed by atoms with E-state index in [1.54, 1.807) is 24.3 Å². The first-order valence-electron chi connectivity index (χ1n) is 8.18. The number of aromatic nitrogens is 5. The Hall–Kier alpha value is -3.44. The van der Waals surface area contributed by atoms with Crippen LogP contribution in [0.15, 0.2) is 58.1 Å². The van der Waals surface area contributed by atoms with Crippen molar-refractivity contribution in [1.29, 1.82) is 0 Å². The molecule has 0 amide bonds. The van der Waals surface area contributed by atoms with Gasteiger partial charge in [-0.05, 0) is 24.3 Å². The van der Waals surface area contributed by atoms with E-state index in [1.807, 2.05) is 12.1 Å². The molecule has 0 bridgehead atoms. The monoisotopic (exact) mass is 429 g/mol. The standard InChI is InChI=1S/C17H12ClN7O3S/c18-13-4-2-1-3-12(13)15-21-23-17(24(15)19)29-9-14-20-22-16(28-14)10-5-7-11(8-6-10)25(26)27/h1-8H,9,19H2. The molecule has 0 aliphatic heterocycles. The Balaban J connectivity index is 1.47. The van der Waals surface area contributed by atoms with Gasteiger partial charge in [-0.2, -0.15) is 0 Å². The Morgan fingerprint density at radius 2 is 1.86 bits per heavy atom. The molecule has 0 aliphatic carbocycles. The van der Waals surface area contributed by atoms with Crippen LogP contribution in [0, 0.1) is 10.1 Å². The van der Waals surface area contributed by atoms with Crippen LogP contribution in [0.2, 0.25) is 5.02 Å². The number of nitro groups is 1. The van der Waals surface area contributed by atoms with Gasteiger partial charge < -0.3 is 10.3 Å². The number of nitrogens with two attached hydrogens (primary N) is 1. The minimum Gasteiger partial charge on any atom is -0.420 e. The molecular weight excluding hydrogens is 418 g/mol. The van der Waals surface area contributed by atoms with Crippen molar-refractivity contribution >= 4 is 29.1 Å². The van der Waals surface area contributed by atoms with E-state index in [0.717, 1.165) is 0 Å². The minimum atomic E-state index is -0.473. The molecule has 0 spiro atoms. The highest BCUT2D eigenvalue weighted by atomic mass is 35.5. The van der Waals surface area contributed by atoms with Crippen LogP contribution < -0.4 is 5.84 Å². The summed E-state index contributed by atoms with van der Waals surface area (Å²) in [4.78, 5) is 10.3. The number of thioether (sulfide) groups is 1. The molecule has 2 N–H and O–H groups in total. The Kier molecular flexibility index (Phi) is 5.14. The molecule has 0 saturated carbocycles. The molecule has 0 aliphatic rings. The smallest absolute Gasteiger partial charge is 0.269 e. The van der Waals surface area contributed by atoms with Crippen LogP contribution in [0.4, 0.5) is 5.69 Å². The summed E-state index contributed by atoms with van der Waals surface area (Å²) < 4.78 is 6.96. The minimum absolute atomic E-state index is 0.0133. The van der Waals surface area contributed by atoms with Gasteiger partial charge in [0.05, 0.1) is 15.7 Å². The number of benzene rings is 2. The zero-order chi connectivity index (χ0) is 20.4. The SMILES string of the molecule is Nn1c(SCc2nnc(-c3ccc([N+](=O)[O-])cc3)o2)nnc1-c1ccccc1Cl. The predicted octanol–water partition coefficient (Wildman–Crippen LogP) is 3.56. The highest BCUT2D eigenvalue weighted by molar-refractivity contribution is 7.98. The summed E-state index contributed by atoms with van der Waals surface area (Å²) >= 11 is 7.46. The van der Waals surface area contributed by atoms with Crippen molar-refractivity contribution in [3.05, 3.63) is 69.6 Å². The van der Waals surface area contributed by atoms with Gasteiger partial charge in [0.2, 0.25) is 16.9 Å². The van der Waals surface area contributed by atoms with E-state index in [1.165, 1.54) is 28.6 Å². The fourth-order valence-electron chi connectivity index (χ4n) is 2.48. The van der Waals surface area contributed by atoms with Crippen molar-refractivity contribution in [2.24, 2.45) is 0 Å². The number of hydrogen-bond donors (Lipinski definition) is 1. The second-order valence-corrected chi connectivity index (χ2v) is 7.10. The average Bonchev–Trinajstić information content (AvgIpc) is 3.34. The lowest BCUT2D eigenvalue weighted by Crippen LogP contribution is -2.11. The molecule has 12 heteroatoms. The first-order valence-corrected chi connectivity index (χ1v) is 9.54. The van der Waals surface area contributed by atoms with Crippen molar-refractivity contribution in [3.63, 3.8) is 0 Å². The number of nitro benzene ring substituents is 1. The summed E-state index contributed by atoms with van der Waals surface area (Å²) in [5.41, 5.74) is 1.25. The van der Waals surface area contributed by atoms with Gasteiger partial charge in [-0.25, -0.2) is 4.68 Å². The third kappa shape index (κ3) is 3.91. The molecular formula is C17H12ClN7O3S. The molecule has 0 saturated heterocycles. The molecule has 4 aromatic rings. The van der Waals surface area contributed by atoms with Gasteiger partial charge in [0.15, 0.2) is 5.82 Å². The summed E-state index contributed by atoms with van der Waals surface area (Å²) in [5.74, 6) is 7.47. The molecule has 0 fully saturated rings. The van der Waals surface area contributed by atoms with E-state index in [4.69, 9.17) is 21.9 Å². The Labute approximate surface area is 172 Å². The molecule has 0 atom stereocenters. The average molecular weight is 430 g/mol. The van der Waals surface area contributed by atoms with Crippen LogP contribution in [-0.2, 0) is 5.75 Å². The van der Waals surface area contributed by atoms with Crippen molar-refractivity contribution in [3.8, 4) is 22.8 Å². The summed E-state index contributed by atoms with van der Waals surface area (Å²) in [6, 6.07) is 13.1. The fourth-order valence-corrected chi connectivity index (χ4v) is 3.40. The second kappa shape index (κ2) is 7.89. The fraction of sp³-hybridized carbons (Fsp3) is 0.0588. The summed E-state index contributed by atoms with van der Waals surface area (Å²) in [6.45, 7) is 0. The van der Waals surface area contributed by atoms with Crippen LogP contribution in [0.3, 0.4) is 0 Å². The topological polar surface area (TPSA) is 139 Å². The van der Waals surface area contributed by atoms with E-state index in [9.17, 15) is 10.1 Å². The number of halogens is 1. The zero-order valence-electron chi connectivity index (χ0n) is 14.6. The maximum absolute atomic E-state index is 10.7. The molecule has 146 valence electrons. The first-order chi connectivity index (χ1) is 14.0. The molecule has 2 heterocycles. The van der Waals surface area contributed by atoms with Crippen LogP contribution in [0.25, 0.3) is 22.8 Å². The van der Waals surface area contributed by atoms with E-state index >= 15 is 0 Å². The molecule has 4 rings (SSSR count). The lowest BCUT2D eigenvalue weighted by molar-refractivity contribution is -0.384. The van der Waals surface area contributed by atoms with Gasteiger partial charge in [-0.3, -0.25) is 10.1 Å². The summed E-state index contributed by atoms with van der Waals surface area (Å²) in [5, 5.41) is 27.8. The van der Waals surface area contributed by atoms with E-state index < -0.39 is 4.92 Å². The third-order valence-electron chi connectivity index (χ3n) is 3.90. The number of rotatable bonds is 6. The first kappa shape index (κ1) is 18.9. The maximum Gasteiger partial charge on any atom is 0.269 e. The highest BCUT2D eigenvalue weighted by Gasteiger charge is 2.16. The summed E-state index contributed by atoms with van der Waals surface area (Å²) in [6.07, 6.45) is 0. The van der Waals surface area contributed by atoms with Crippen LogP contribution in [-0.4, -0.2) is 30.0 Å². The van der Waals surface area contributed by atoms with E-state index in [-0.39, 0.29) is 11.6 Å². The van der Waals surface area contributed by atoms with E-state index in [2.05, 4.69) is 20.4 Å². The molecule has 0 radical (unpaired) electrons. The molecule has 2 aromatic carbocycles. The van der Waals surface area contributed by atoms with Gasteiger partial charge >= 0.3 is 0 Å². The quantitative estimate of drug-likeness (QED) is 0.211. The predicted molar refractivity (Wildman–Crippen MR) is 107 cm³/mol. The Morgan fingerprint density at radius 3 is 2.59 bits per heavy atom. The van der Waals surface area contributed by atoms with Gasteiger partial charge in [0.1, 0.15) is 0 Å². The second-order valence-electron chi connectivity index (χ2n) is 5.75. The number of nitrogens with zero attached hydrogens (tertiary/aromatic N) is 6. The molecule has 0 unspecified atom stereocenters. The van der Waals surface area contributed by atoms with Crippen molar-refractivity contribution in [1.82, 2.24) is 25.1 Å². The molecule has 10 nitrogen and oxygen atoms in total. The van der Waals surface area contributed by atoms with Crippen LogP contribution in [0.1, 0.15) is 5.89 Å². The zero-order valence-corrected chi connectivity index (χ0v) is 16.2. The van der Waals surface area contributed by atoms with Gasteiger partial charge in [-0.1, -0.05) is 35.5 Å². The number of hydrogen-bond acceptors (Lipinski definition) is 9. The summed E-state index contributed by atoms with van der Waals surface area (Å²) in [7, 11) is 0. The Morgan fingerprint density at radius 1 is 1.10 bits per heavy atom. The highest BCUT2D eigenvalue weighted by Crippen LogP contribution is 2.29. The molecule has 29 heavy (non-hydrogen) atoms. The molecule has 2 aromatic heterocycles. The maximum atomic E-state index is 10.7. The van der Waals surface area contributed by atoms with Gasteiger partial charge in [0.25, 0.3) is 5.69 Å². The third-order valence-corrected chi connectivity index (χ3v) is 5.15. The van der Waals surface area contributed by atoms with Crippen LogP contribution >= 0.6 is 23.4 Å². The van der Waals surface area contributed by atoms with Crippen molar-refractivity contribution < 1.29 is 9.34 Å². The van der Waals surface area contributed by atoms with Crippen molar-refractivity contribution in [2.75, 3.05) is 5.84 Å². The lowest BCUT2D eigenvalue weighted by atomic mass is 10.2. The number of non-ortho nitro benzene ring substituents is 1. The lowest BCUT2D eigenvalue weighted by Gasteiger charge is -2.04. The number of nitrogen functional groups attached to an aromatic ring is 1. The Bertz CT molecular complexity index is 1180. The van der Waals surface area contributed by atoms with Crippen LogP contribution in [0.5, 0.6) is 0 Å².